The van der Waals surface area contributed by atoms with Crippen molar-refractivity contribution in [2.45, 2.75) is 26.5 Å². The third kappa shape index (κ3) is 5.81. The molecule has 2 heterocycles. The third-order valence-electron chi connectivity index (χ3n) is 5.56. The number of carbonyl (C=O) groups excluding carboxylic acids is 1. The van der Waals surface area contributed by atoms with E-state index in [-0.39, 0.29) is 25.2 Å². The number of nitrogens with zero attached hydrogens (tertiary/aromatic N) is 3. The monoisotopic (exact) mass is 448 g/mol. The number of carbonyl (C=O) groups is 1. The summed E-state index contributed by atoms with van der Waals surface area (Å²) < 4.78 is 5.16. The van der Waals surface area contributed by atoms with E-state index >= 15 is 0 Å². The summed E-state index contributed by atoms with van der Waals surface area (Å²) >= 11 is 0. The van der Waals surface area contributed by atoms with E-state index in [1.807, 2.05) is 19.9 Å². The zero-order valence-electron chi connectivity index (χ0n) is 18.8. The summed E-state index contributed by atoms with van der Waals surface area (Å²) in [5.74, 6) is 0.209. The van der Waals surface area contributed by atoms with Gasteiger partial charge >= 0.3 is 5.97 Å². The highest BCUT2D eigenvalue weighted by Crippen LogP contribution is 2.29. The summed E-state index contributed by atoms with van der Waals surface area (Å²) in [6, 6.07) is 7.47. The van der Waals surface area contributed by atoms with Crippen LogP contribution in [0.25, 0.3) is 0 Å². The summed E-state index contributed by atoms with van der Waals surface area (Å²) in [7, 11) is 0. The molecule has 0 saturated heterocycles. The number of aliphatic hydroxyl groups is 1. The van der Waals surface area contributed by atoms with Gasteiger partial charge in [-0.1, -0.05) is 6.07 Å². The molecule has 0 aliphatic carbocycles. The molecular formula is C24H28N6O3. The molecule has 33 heavy (non-hydrogen) atoms. The second-order valence-corrected chi connectivity index (χ2v) is 7.71. The molecule has 1 atom stereocenters. The summed E-state index contributed by atoms with van der Waals surface area (Å²) in [4.78, 5) is 20.4. The maximum atomic E-state index is 11.8. The van der Waals surface area contributed by atoms with E-state index in [0.717, 1.165) is 27.8 Å². The predicted molar refractivity (Wildman–Crippen MR) is 125 cm³/mol. The van der Waals surface area contributed by atoms with Crippen molar-refractivity contribution in [1.82, 2.24) is 15.6 Å². The van der Waals surface area contributed by atoms with Crippen LogP contribution in [0.2, 0.25) is 0 Å². The number of cyclic esters (lactones) is 1. The fourth-order valence-corrected chi connectivity index (χ4v) is 3.66. The van der Waals surface area contributed by atoms with Gasteiger partial charge < -0.3 is 26.2 Å². The smallest absolute Gasteiger partial charge is 0.338 e. The van der Waals surface area contributed by atoms with Gasteiger partial charge in [-0.3, -0.25) is 0 Å². The first-order chi connectivity index (χ1) is 16.0. The van der Waals surface area contributed by atoms with Gasteiger partial charge in [-0.2, -0.15) is 5.26 Å². The first-order valence-corrected chi connectivity index (χ1v) is 10.6. The van der Waals surface area contributed by atoms with Gasteiger partial charge in [-0.05, 0) is 54.4 Å². The van der Waals surface area contributed by atoms with E-state index in [1.165, 1.54) is 12.4 Å². The van der Waals surface area contributed by atoms with Crippen LogP contribution in [0.15, 0.2) is 41.2 Å². The molecule has 1 aromatic carbocycles. The minimum Gasteiger partial charge on any atom is -0.457 e. The van der Waals surface area contributed by atoms with E-state index < -0.39 is 0 Å². The van der Waals surface area contributed by atoms with Gasteiger partial charge in [0.05, 0.1) is 17.7 Å². The number of hydrogen-bond donors (Lipinski definition) is 4. The van der Waals surface area contributed by atoms with E-state index in [0.29, 0.717) is 36.6 Å². The number of nitrogens with one attached hydrogen (secondary N) is 2. The molecule has 1 aliphatic heterocycles. The molecule has 0 radical (unpaired) electrons. The molecule has 0 fully saturated rings. The van der Waals surface area contributed by atoms with Crippen LogP contribution in [0.5, 0.6) is 0 Å². The average Bonchev–Trinajstić information content (AvgIpc) is 3.20. The zero-order chi connectivity index (χ0) is 23.8. The number of esters is 1. The fourth-order valence-electron chi connectivity index (χ4n) is 3.66. The molecule has 0 amide bonds. The van der Waals surface area contributed by atoms with Crippen molar-refractivity contribution in [3.05, 3.63) is 69.5 Å². The number of aryl methyl sites for hydroxylation is 1. The number of nitrogens with two attached hydrogens (primary N) is 1. The standard InChI is InChI=1S/C24H28N6O3/c1-15-7-23(30-12-18(15)9-26)29-11-17(8-25)10-27-13-22(28-5-6-31)19-3-4-20-21(16(19)2)14-33-24(20)32/h3-4,7-8,11-12,22,27-28,31H,5-6,10,13-14,25H2,1-2H3/t22-/m0/s1. The SMILES string of the molecule is Cc1cc(N=CC(=CN)CNC[C@H](NCCO)c2ccc3c(c2C)COC3=O)ncc1C#N. The van der Waals surface area contributed by atoms with E-state index in [1.54, 1.807) is 18.3 Å². The Balaban J connectivity index is 1.66. The maximum Gasteiger partial charge on any atom is 0.338 e. The molecule has 5 N–H and O–H groups in total. The lowest BCUT2D eigenvalue weighted by molar-refractivity contribution is 0.0535. The largest absolute Gasteiger partial charge is 0.457 e. The van der Waals surface area contributed by atoms with Crippen LogP contribution >= 0.6 is 0 Å². The summed E-state index contributed by atoms with van der Waals surface area (Å²) in [5.41, 5.74) is 11.4. The number of rotatable bonds is 10. The van der Waals surface area contributed by atoms with E-state index in [4.69, 9.17) is 15.7 Å². The van der Waals surface area contributed by atoms with Gasteiger partial charge in [0.1, 0.15) is 12.7 Å². The average molecular weight is 449 g/mol. The Kier molecular flexibility index (Phi) is 8.27. The minimum atomic E-state index is -0.290. The molecule has 172 valence electrons. The number of pyridine rings is 1. The molecule has 0 unspecified atom stereocenters. The maximum absolute atomic E-state index is 11.8. The van der Waals surface area contributed by atoms with Crippen molar-refractivity contribution in [1.29, 1.82) is 5.26 Å². The normalized spacial score (nSPS) is 14.2. The summed E-state index contributed by atoms with van der Waals surface area (Å²) in [5, 5.41) is 25.0. The van der Waals surface area contributed by atoms with Crippen LogP contribution in [0.3, 0.4) is 0 Å². The van der Waals surface area contributed by atoms with Gasteiger partial charge in [-0.15, -0.1) is 0 Å². The van der Waals surface area contributed by atoms with Crippen LogP contribution < -0.4 is 16.4 Å². The van der Waals surface area contributed by atoms with Crippen molar-refractivity contribution in [3.8, 4) is 6.07 Å². The number of aliphatic hydroxyl groups excluding tert-OH is 1. The van der Waals surface area contributed by atoms with Crippen molar-refractivity contribution < 1.29 is 14.6 Å². The predicted octanol–water partition coefficient (Wildman–Crippen LogP) is 1.70. The third-order valence-corrected chi connectivity index (χ3v) is 5.56. The topological polar surface area (TPSA) is 146 Å². The van der Waals surface area contributed by atoms with Gasteiger partial charge in [0.2, 0.25) is 0 Å². The van der Waals surface area contributed by atoms with E-state index in [9.17, 15) is 9.90 Å². The molecule has 9 heteroatoms. The Morgan fingerprint density at radius 3 is 2.97 bits per heavy atom. The Bertz CT molecular complexity index is 1120. The molecule has 1 aliphatic rings. The van der Waals surface area contributed by atoms with Crippen LogP contribution in [0.4, 0.5) is 5.82 Å². The van der Waals surface area contributed by atoms with Crippen LogP contribution in [-0.2, 0) is 11.3 Å². The summed E-state index contributed by atoms with van der Waals surface area (Å²) in [6.45, 7) is 5.58. The highest BCUT2D eigenvalue weighted by molar-refractivity contribution is 5.94. The Morgan fingerprint density at radius 2 is 2.27 bits per heavy atom. The van der Waals surface area contributed by atoms with Gasteiger partial charge in [-0.25, -0.2) is 14.8 Å². The fraction of sp³-hybridized carbons (Fsp3) is 0.333. The van der Waals surface area contributed by atoms with Gasteiger partial charge in [0, 0.05) is 43.7 Å². The van der Waals surface area contributed by atoms with Crippen LogP contribution in [0, 0.1) is 25.2 Å². The second kappa shape index (κ2) is 11.3. The lowest BCUT2D eigenvalue weighted by Gasteiger charge is -2.22. The molecular weight excluding hydrogens is 420 g/mol. The van der Waals surface area contributed by atoms with E-state index in [2.05, 4.69) is 26.7 Å². The molecule has 3 rings (SSSR count). The van der Waals surface area contributed by atoms with Crippen molar-refractivity contribution in [2.24, 2.45) is 10.7 Å². The Labute approximate surface area is 193 Å². The summed E-state index contributed by atoms with van der Waals surface area (Å²) in [6.07, 6.45) is 4.62. The number of aromatic nitrogens is 1. The highest BCUT2D eigenvalue weighted by Gasteiger charge is 2.26. The van der Waals surface area contributed by atoms with Gasteiger partial charge in [0.15, 0.2) is 5.82 Å². The number of hydrogen-bond acceptors (Lipinski definition) is 9. The number of fused-ring (bicyclic) bond motifs is 1. The number of ether oxygens (including phenoxy) is 1. The van der Waals surface area contributed by atoms with Crippen molar-refractivity contribution in [2.75, 3.05) is 26.2 Å². The highest BCUT2D eigenvalue weighted by atomic mass is 16.5. The first-order valence-electron chi connectivity index (χ1n) is 10.6. The quantitative estimate of drug-likeness (QED) is 0.317. The Hall–Kier alpha value is -3.58. The molecule has 9 nitrogen and oxygen atoms in total. The van der Waals surface area contributed by atoms with Crippen LogP contribution in [0.1, 0.15) is 44.2 Å². The zero-order valence-corrected chi connectivity index (χ0v) is 18.8. The number of aliphatic imine (C=N–C) groups is 1. The molecule has 0 saturated carbocycles. The lowest BCUT2D eigenvalue weighted by Crippen LogP contribution is -2.35. The second-order valence-electron chi connectivity index (χ2n) is 7.71. The van der Waals surface area contributed by atoms with Crippen molar-refractivity contribution in [3.63, 3.8) is 0 Å². The molecule has 2 aromatic rings. The number of benzene rings is 1. The lowest BCUT2D eigenvalue weighted by atomic mass is 9.94. The molecule has 1 aromatic heterocycles. The minimum absolute atomic E-state index is 0.0136. The van der Waals surface area contributed by atoms with Crippen molar-refractivity contribution >= 4 is 18.0 Å². The molecule has 0 spiro atoms. The first kappa shape index (κ1) is 24.1. The Morgan fingerprint density at radius 1 is 1.45 bits per heavy atom. The van der Waals surface area contributed by atoms with Crippen LogP contribution in [-0.4, -0.2) is 48.5 Å². The van der Waals surface area contributed by atoms with Gasteiger partial charge in [0.25, 0.3) is 0 Å². The number of nitriles is 1. The molecule has 0 bridgehead atoms.